The number of ether oxygens (including phenoxy) is 1. The van der Waals surface area contributed by atoms with E-state index < -0.39 is 0 Å². The lowest BCUT2D eigenvalue weighted by atomic mass is 10.2. The number of aromatic nitrogens is 2. The van der Waals surface area contributed by atoms with E-state index in [9.17, 15) is 0 Å². The van der Waals surface area contributed by atoms with Gasteiger partial charge in [-0.1, -0.05) is 0 Å². The van der Waals surface area contributed by atoms with E-state index in [1.807, 2.05) is 49.0 Å². The van der Waals surface area contributed by atoms with Gasteiger partial charge >= 0.3 is 0 Å². The molecule has 0 aliphatic heterocycles. The van der Waals surface area contributed by atoms with E-state index in [1.54, 1.807) is 0 Å². The van der Waals surface area contributed by atoms with Crippen molar-refractivity contribution in [3.05, 3.63) is 36.2 Å². The zero-order valence-corrected chi connectivity index (χ0v) is 10.6. The van der Waals surface area contributed by atoms with Gasteiger partial charge in [0.1, 0.15) is 11.6 Å². The van der Waals surface area contributed by atoms with Crippen molar-refractivity contribution >= 4 is 0 Å². The monoisotopic (exact) mass is 241 g/mol. The molecule has 1 aromatic heterocycles. The van der Waals surface area contributed by atoms with Crippen molar-refractivity contribution in [2.75, 3.05) is 6.61 Å². The first kappa shape index (κ1) is 12.2. The Morgan fingerprint density at radius 3 is 2.67 bits per heavy atom. The molecule has 4 nitrogen and oxygen atoms in total. The molecule has 92 valence electrons. The van der Waals surface area contributed by atoms with Gasteiger partial charge in [-0.15, -0.1) is 0 Å². The maximum Gasteiger partial charge on any atom is 0.140 e. The second-order valence-electron chi connectivity index (χ2n) is 3.96. The first-order chi connectivity index (χ1) is 8.74. The second kappa shape index (κ2) is 5.37. The van der Waals surface area contributed by atoms with Crippen molar-refractivity contribution in [1.82, 2.24) is 9.55 Å². The molecule has 0 fully saturated rings. The van der Waals surface area contributed by atoms with Crippen LogP contribution in [0.15, 0.2) is 30.5 Å². The minimum Gasteiger partial charge on any atom is -0.494 e. The molecule has 0 aliphatic rings. The largest absolute Gasteiger partial charge is 0.494 e. The van der Waals surface area contributed by atoms with Gasteiger partial charge in [0.15, 0.2) is 0 Å². The highest BCUT2D eigenvalue weighted by Crippen LogP contribution is 2.21. The number of aryl methyl sites for hydroxylation is 1. The molecular weight excluding hydrogens is 226 g/mol. The van der Waals surface area contributed by atoms with E-state index in [-0.39, 0.29) is 0 Å². The molecule has 0 saturated heterocycles. The Labute approximate surface area is 106 Å². The lowest BCUT2D eigenvalue weighted by molar-refractivity contribution is 0.340. The first-order valence-corrected chi connectivity index (χ1v) is 5.87. The van der Waals surface area contributed by atoms with Crippen LogP contribution in [-0.4, -0.2) is 16.2 Å². The van der Waals surface area contributed by atoms with Crippen LogP contribution < -0.4 is 4.74 Å². The smallest absolute Gasteiger partial charge is 0.140 e. The standard InChI is InChI=1S/C14H15N3O/c1-3-18-13-6-4-11(5-7-13)14-16-12(8-9-15)10-17(14)2/h4-7,10H,3,8H2,1-2H3. The summed E-state index contributed by atoms with van der Waals surface area (Å²) < 4.78 is 7.33. The van der Waals surface area contributed by atoms with Crippen LogP contribution in [0.5, 0.6) is 5.75 Å². The number of nitrogens with zero attached hydrogens (tertiary/aromatic N) is 3. The molecule has 1 heterocycles. The van der Waals surface area contributed by atoms with Gasteiger partial charge in [-0.05, 0) is 31.2 Å². The van der Waals surface area contributed by atoms with Crippen molar-refractivity contribution in [2.24, 2.45) is 7.05 Å². The molecule has 4 heteroatoms. The third-order valence-electron chi connectivity index (χ3n) is 2.61. The van der Waals surface area contributed by atoms with Crippen molar-refractivity contribution in [1.29, 1.82) is 5.26 Å². The molecule has 0 amide bonds. The normalized spacial score (nSPS) is 10.1. The predicted molar refractivity (Wildman–Crippen MR) is 69.1 cm³/mol. The number of hydrogen-bond donors (Lipinski definition) is 0. The Kier molecular flexibility index (Phi) is 3.63. The summed E-state index contributed by atoms with van der Waals surface area (Å²) in [7, 11) is 1.93. The number of rotatable bonds is 4. The van der Waals surface area contributed by atoms with Gasteiger partial charge < -0.3 is 9.30 Å². The van der Waals surface area contributed by atoms with E-state index in [2.05, 4.69) is 11.1 Å². The molecule has 2 rings (SSSR count). The van der Waals surface area contributed by atoms with Crippen molar-refractivity contribution < 1.29 is 4.74 Å². The first-order valence-electron chi connectivity index (χ1n) is 5.87. The van der Waals surface area contributed by atoms with Gasteiger partial charge in [-0.2, -0.15) is 5.26 Å². The third kappa shape index (κ3) is 2.51. The van der Waals surface area contributed by atoms with Crippen molar-refractivity contribution in [3.8, 4) is 23.2 Å². The topological polar surface area (TPSA) is 50.8 Å². The quantitative estimate of drug-likeness (QED) is 0.826. The van der Waals surface area contributed by atoms with Gasteiger partial charge in [0.05, 0.1) is 24.8 Å². The highest BCUT2D eigenvalue weighted by atomic mass is 16.5. The molecule has 0 radical (unpaired) electrons. The number of benzene rings is 1. The van der Waals surface area contributed by atoms with E-state index >= 15 is 0 Å². The Balaban J connectivity index is 2.28. The number of hydrogen-bond acceptors (Lipinski definition) is 3. The molecular formula is C14H15N3O. The Morgan fingerprint density at radius 2 is 2.06 bits per heavy atom. The van der Waals surface area contributed by atoms with E-state index in [0.29, 0.717) is 13.0 Å². The molecule has 2 aromatic rings. The molecule has 0 bridgehead atoms. The molecule has 0 atom stereocenters. The molecule has 18 heavy (non-hydrogen) atoms. The fourth-order valence-corrected chi connectivity index (χ4v) is 1.83. The van der Waals surface area contributed by atoms with Gasteiger partial charge in [0, 0.05) is 18.8 Å². The minimum absolute atomic E-state index is 0.338. The van der Waals surface area contributed by atoms with Gasteiger partial charge in [0.25, 0.3) is 0 Å². The van der Waals surface area contributed by atoms with Gasteiger partial charge in [0.2, 0.25) is 0 Å². The van der Waals surface area contributed by atoms with E-state index in [1.165, 1.54) is 0 Å². The lowest BCUT2D eigenvalue weighted by Gasteiger charge is -2.04. The third-order valence-corrected chi connectivity index (χ3v) is 2.61. The Morgan fingerprint density at radius 1 is 1.33 bits per heavy atom. The lowest BCUT2D eigenvalue weighted by Crippen LogP contribution is -1.93. The van der Waals surface area contributed by atoms with Gasteiger partial charge in [-0.3, -0.25) is 0 Å². The maximum absolute atomic E-state index is 8.67. The fraction of sp³-hybridized carbons (Fsp3) is 0.286. The average molecular weight is 241 g/mol. The molecule has 0 aliphatic carbocycles. The van der Waals surface area contributed by atoms with Crippen LogP contribution in [0.1, 0.15) is 12.6 Å². The minimum atomic E-state index is 0.338. The van der Waals surface area contributed by atoms with Gasteiger partial charge in [-0.25, -0.2) is 4.98 Å². The number of nitriles is 1. The molecule has 1 aromatic carbocycles. The summed E-state index contributed by atoms with van der Waals surface area (Å²) in [6, 6.07) is 9.91. The SMILES string of the molecule is CCOc1ccc(-c2nc(CC#N)cn2C)cc1. The molecule has 0 saturated carbocycles. The second-order valence-corrected chi connectivity index (χ2v) is 3.96. The summed E-state index contributed by atoms with van der Waals surface area (Å²) in [4.78, 5) is 4.45. The zero-order chi connectivity index (χ0) is 13.0. The summed E-state index contributed by atoms with van der Waals surface area (Å²) in [5, 5.41) is 8.67. The van der Waals surface area contributed by atoms with Crippen LogP contribution in [0, 0.1) is 11.3 Å². The van der Waals surface area contributed by atoms with Crippen LogP contribution in [-0.2, 0) is 13.5 Å². The van der Waals surface area contributed by atoms with Crippen molar-refractivity contribution in [2.45, 2.75) is 13.3 Å². The Hall–Kier alpha value is -2.28. The summed E-state index contributed by atoms with van der Waals surface area (Å²) in [6.45, 7) is 2.62. The summed E-state index contributed by atoms with van der Waals surface area (Å²) >= 11 is 0. The van der Waals surface area contributed by atoms with E-state index in [0.717, 1.165) is 22.8 Å². The average Bonchev–Trinajstić information content (AvgIpc) is 2.72. The van der Waals surface area contributed by atoms with Crippen LogP contribution in [0.4, 0.5) is 0 Å². The summed E-state index contributed by atoms with van der Waals surface area (Å²) in [6.07, 6.45) is 2.22. The maximum atomic E-state index is 8.67. The zero-order valence-electron chi connectivity index (χ0n) is 10.6. The molecule has 0 unspecified atom stereocenters. The highest BCUT2D eigenvalue weighted by molar-refractivity contribution is 5.57. The molecule has 0 spiro atoms. The Bertz CT molecular complexity index is 564. The van der Waals surface area contributed by atoms with Crippen LogP contribution in [0.2, 0.25) is 0 Å². The van der Waals surface area contributed by atoms with Crippen LogP contribution in [0.25, 0.3) is 11.4 Å². The number of imidazole rings is 1. The van der Waals surface area contributed by atoms with E-state index in [4.69, 9.17) is 10.00 Å². The van der Waals surface area contributed by atoms with Crippen LogP contribution in [0.3, 0.4) is 0 Å². The van der Waals surface area contributed by atoms with Crippen LogP contribution >= 0.6 is 0 Å². The fourth-order valence-electron chi connectivity index (χ4n) is 1.83. The molecule has 0 N–H and O–H groups in total. The summed E-state index contributed by atoms with van der Waals surface area (Å²) in [5.41, 5.74) is 1.81. The van der Waals surface area contributed by atoms with Crippen molar-refractivity contribution in [3.63, 3.8) is 0 Å². The highest BCUT2D eigenvalue weighted by Gasteiger charge is 2.07. The summed E-state index contributed by atoms with van der Waals surface area (Å²) in [5.74, 6) is 1.72. The predicted octanol–water partition coefficient (Wildman–Crippen LogP) is 2.55.